The molecule has 0 saturated carbocycles. The van der Waals surface area contributed by atoms with Gasteiger partial charge in [-0.05, 0) is 0 Å². The Labute approximate surface area is 100 Å². The molecule has 0 unspecified atom stereocenters. The number of alkyl halides is 3. The average molecular weight is 268 g/mol. The number of hydrogen-bond donors (Lipinski definition) is 1. The number of carboxylic acid groups (broad SMARTS) is 1. The first-order chi connectivity index (χ1) is 8.29. The minimum Gasteiger partial charge on any atom is -0.477 e. The lowest BCUT2D eigenvalue weighted by Gasteiger charge is -2.22. The van der Waals surface area contributed by atoms with Gasteiger partial charge in [-0.15, -0.1) is 0 Å². The lowest BCUT2D eigenvalue weighted by atomic mass is 10.2. The summed E-state index contributed by atoms with van der Waals surface area (Å²) >= 11 is 0. The molecule has 0 aromatic heterocycles. The van der Waals surface area contributed by atoms with Crippen LogP contribution in [-0.2, 0) is 14.3 Å². The van der Waals surface area contributed by atoms with Gasteiger partial charge < -0.3 is 9.84 Å². The van der Waals surface area contributed by atoms with E-state index in [1.54, 1.807) is 0 Å². The van der Waals surface area contributed by atoms with E-state index < -0.39 is 24.7 Å². The van der Waals surface area contributed by atoms with Crippen LogP contribution in [0, 0.1) is 0 Å². The zero-order chi connectivity index (χ0) is 13.8. The van der Waals surface area contributed by atoms with E-state index >= 15 is 0 Å². The number of halogens is 3. The lowest BCUT2D eigenvalue weighted by molar-refractivity contribution is -0.174. The van der Waals surface area contributed by atoms with Crippen molar-refractivity contribution in [3.63, 3.8) is 0 Å². The second-order valence-corrected chi connectivity index (χ2v) is 3.54. The number of carbonyl (C=O) groups is 2. The summed E-state index contributed by atoms with van der Waals surface area (Å²) in [6.45, 7) is -1.97. The first kappa shape index (κ1) is 14.4. The highest BCUT2D eigenvalue weighted by molar-refractivity contribution is 6.36. The Balaban J connectivity index is 2.42. The number of hydrazone groups is 1. The molecule has 0 aromatic rings. The lowest BCUT2D eigenvalue weighted by Crippen LogP contribution is -2.36. The molecule has 18 heavy (non-hydrogen) atoms. The molecule has 1 N–H and O–H groups in total. The molecule has 0 saturated heterocycles. The Hall–Kier alpha value is -1.64. The molecule has 0 fully saturated rings. The topological polar surface area (TPSA) is 79.2 Å². The maximum atomic E-state index is 11.8. The summed E-state index contributed by atoms with van der Waals surface area (Å²) in [5, 5.41) is 13.0. The van der Waals surface area contributed by atoms with Crippen LogP contribution >= 0.6 is 0 Å². The predicted molar refractivity (Wildman–Crippen MR) is 52.9 cm³/mol. The van der Waals surface area contributed by atoms with Crippen LogP contribution in [0.15, 0.2) is 5.10 Å². The number of aliphatic carboxylic acids is 1. The van der Waals surface area contributed by atoms with Gasteiger partial charge in [0.2, 0.25) is 5.91 Å². The number of carbonyl (C=O) groups excluding carboxylic acids is 1. The summed E-state index contributed by atoms with van der Waals surface area (Å²) in [5.41, 5.74) is -0.189. The minimum atomic E-state index is -4.43. The van der Waals surface area contributed by atoms with Crippen LogP contribution in [-0.4, -0.2) is 53.6 Å². The molecule has 1 heterocycles. The first-order valence-electron chi connectivity index (χ1n) is 5.05. The Kier molecular flexibility index (Phi) is 4.65. The molecule has 0 spiro atoms. The second-order valence-electron chi connectivity index (χ2n) is 3.54. The van der Waals surface area contributed by atoms with Crippen molar-refractivity contribution in [2.45, 2.75) is 19.0 Å². The minimum absolute atomic E-state index is 0.0219. The van der Waals surface area contributed by atoms with Crippen LogP contribution < -0.4 is 0 Å². The summed E-state index contributed by atoms with van der Waals surface area (Å²) in [5.74, 6) is -1.68. The third-order valence-electron chi connectivity index (χ3n) is 2.07. The molecule has 0 aliphatic carbocycles. The molecule has 0 radical (unpaired) electrons. The first-order valence-corrected chi connectivity index (χ1v) is 5.05. The maximum absolute atomic E-state index is 11.8. The number of hydrogen-bond acceptors (Lipinski definition) is 4. The molecule has 1 rings (SSSR count). The Morgan fingerprint density at radius 3 is 2.67 bits per heavy atom. The maximum Gasteiger partial charge on any atom is 0.411 e. The van der Waals surface area contributed by atoms with Crippen molar-refractivity contribution in [3.05, 3.63) is 0 Å². The van der Waals surface area contributed by atoms with Gasteiger partial charge in [0.05, 0.1) is 13.2 Å². The van der Waals surface area contributed by atoms with Gasteiger partial charge in [0.15, 0.2) is 0 Å². The monoisotopic (exact) mass is 268 g/mol. The molecule has 1 aliphatic rings. The van der Waals surface area contributed by atoms with Crippen LogP contribution in [0.25, 0.3) is 0 Å². The summed E-state index contributed by atoms with van der Waals surface area (Å²) in [6, 6.07) is 0. The van der Waals surface area contributed by atoms with Crippen LogP contribution in [0.2, 0.25) is 0 Å². The highest BCUT2D eigenvalue weighted by Gasteiger charge is 2.28. The van der Waals surface area contributed by atoms with Crippen molar-refractivity contribution in [1.29, 1.82) is 0 Å². The molecule has 0 bridgehead atoms. The predicted octanol–water partition coefficient (Wildman–Crippen LogP) is 0.628. The third-order valence-corrected chi connectivity index (χ3v) is 2.07. The molecule has 9 heteroatoms. The van der Waals surface area contributed by atoms with E-state index in [0.717, 1.165) is 5.01 Å². The van der Waals surface area contributed by atoms with Gasteiger partial charge in [-0.3, -0.25) is 4.79 Å². The smallest absolute Gasteiger partial charge is 0.411 e. The normalized spacial score (nSPS) is 16.7. The second kappa shape index (κ2) is 5.80. The number of amides is 1. The molecule has 0 aromatic carbocycles. The van der Waals surface area contributed by atoms with E-state index in [1.807, 2.05) is 0 Å². The van der Waals surface area contributed by atoms with Crippen molar-refractivity contribution in [2.24, 2.45) is 5.10 Å². The van der Waals surface area contributed by atoms with Gasteiger partial charge in [-0.2, -0.15) is 18.3 Å². The van der Waals surface area contributed by atoms with E-state index in [1.165, 1.54) is 0 Å². The summed E-state index contributed by atoms with van der Waals surface area (Å²) < 4.78 is 39.6. The van der Waals surface area contributed by atoms with Crippen molar-refractivity contribution < 1.29 is 32.6 Å². The summed E-state index contributed by atoms with van der Waals surface area (Å²) in [4.78, 5) is 21.9. The third kappa shape index (κ3) is 4.70. The molecular weight excluding hydrogens is 257 g/mol. The quantitative estimate of drug-likeness (QED) is 0.742. The number of carboxylic acids is 1. The van der Waals surface area contributed by atoms with Crippen molar-refractivity contribution in [3.8, 4) is 0 Å². The van der Waals surface area contributed by atoms with Gasteiger partial charge in [-0.1, -0.05) is 0 Å². The van der Waals surface area contributed by atoms with Crippen molar-refractivity contribution >= 4 is 17.6 Å². The summed E-state index contributed by atoms with van der Waals surface area (Å²) in [6.07, 6.45) is -4.43. The van der Waals surface area contributed by atoms with Gasteiger partial charge in [0, 0.05) is 12.8 Å². The molecular formula is C9H11F3N2O4. The summed E-state index contributed by atoms with van der Waals surface area (Å²) in [7, 11) is 0. The van der Waals surface area contributed by atoms with Crippen LogP contribution in [0.1, 0.15) is 12.8 Å². The number of ether oxygens (including phenoxy) is 1. The molecule has 6 nitrogen and oxygen atoms in total. The Morgan fingerprint density at radius 2 is 2.11 bits per heavy atom. The zero-order valence-corrected chi connectivity index (χ0v) is 9.24. The van der Waals surface area contributed by atoms with Crippen LogP contribution in [0.3, 0.4) is 0 Å². The van der Waals surface area contributed by atoms with E-state index in [9.17, 15) is 22.8 Å². The Morgan fingerprint density at radius 1 is 1.44 bits per heavy atom. The number of rotatable bonds is 5. The highest BCUT2D eigenvalue weighted by Crippen LogP contribution is 2.14. The van der Waals surface area contributed by atoms with Crippen LogP contribution in [0.5, 0.6) is 0 Å². The van der Waals surface area contributed by atoms with Crippen LogP contribution in [0.4, 0.5) is 13.2 Å². The molecule has 1 aliphatic heterocycles. The zero-order valence-electron chi connectivity index (χ0n) is 9.24. The molecule has 0 atom stereocenters. The van der Waals surface area contributed by atoms with Crippen molar-refractivity contribution in [2.75, 3.05) is 19.8 Å². The van der Waals surface area contributed by atoms with Gasteiger partial charge in [0.25, 0.3) is 0 Å². The highest BCUT2D eigenvalue weighted by atomic mass is 19.4. The van der Waals surface area contributed by atoms with Gasteiger partial charge in [-0.25, -0.2) is 9.80 Å². The number of nitrogens with zero attached hydrogens (tertiary/aromatic N) is 2. The standard InChI is InChI=1S/C9H11F3N2O4/c10-9(11,12)5-18-4-3-14-7(15)2-1-6(13-14)8(16)17/h1-5H2,(H,16,17). The van der Waals surface area contributed by atoms with Gasteiger partial charge in [0.1, 0.15) is 12.3 Å². The Bertz CT molecular complexity index is 367. The van der Waals surface area contributed by atoms with Gasteiger partial charge >= 0.3 is 12.1 Å². The van der Waals surface area contributed by atoms with E-state index in [0.29, 0.717) is 0 Å². The largest absolute Gasteiger partial charge is 0.477 e. The van der Waals surface area contributed by atoms with Crippen molar-refractivity contribution in [1.82, 2.24) is 5.01 Å². The average Bonchev–Trinajstić information content (AvgIpc) is 2.24. The molecule has 1 amide bonds. The fourth-order valence-electron chi connectivity index (χ4n) is 1.27. The van der Waals surface area contributed by atoms with E-state index in [2.05, 4.69) is 9.84 Å². The van der Waals surface area contributed by atoms with E-state index in [-0.39, 0.29) is 31.7 Å². The molecule has 102 valence electrons. The van der Waals surface area contributed by atoms with E-state index in [4.69, 9.17) is 5.11 Å². The fourth-order valence-corrected chi connectivity index (χ4v) is 1.27. The SMILES string of the molecule is O=C(O)C1=NN(CCOCC(F)(F)F)C(=O)CC1. The fraction of sp³-hybridized carbons (Fsp3) is 0.667.